The van der Waals surface area contributed by atoms with E-state index in [4.69, 9.17) is 4.74 Å². The van der Waals surface area contributed by atoms with Crippen LogP contribution in [0.3, 0.4) is 0 Å². The zero-order chi connectivity index (χ0) is 21.6. The van der Waals surface area contributed by atoms with Gasteiger partial charge in [-0.1, -0.05) is 35.9 Å². The summed E-state index contributed by atoms with van der Waals surface area (Å²) in [7, 11) is -4.05. The zero-order valence-electron chi connectivity index (χ0n) is 16.8. The van der Waals surface area contributed by atoms with Crippen LogP contribution >= 0.6 is 0 Å². The number of ether oxygens (including phenoxy) is 1. The molecule has 9 heteroatoms. The van der Waals surface area contributed by atoms with Gasteiger partial charge in [0.05, 0.1) is 31.2 Å². The van der Waals surface area contributed by atoms with Crippen molar-refractivity contribution < 1.29 is 22.7 Å². The Kier molecular flexibility index (Phi) is 7.20. The summed E-state index contributed by atoms with van der Waals surface area (Å²) < 4.78 is 32.6. The van der Waals surface area contributed by atoms with E-state index >= 15 is 0 Å². The monoisotopic (exact) mass is 431 g/mol. The fraction of sp³-hybridized carbons (Fsp3) is 0.333. The molecule has 0 spiro atoms. The van der Waals surface area contributed by atoms with Crippen LogP contribution in [0.1, 0.15) is 5.56 Å². The van der Waals surface area contributed by atoms with Crippen LogP contribution in [0.15, 0.2) is 59.5 Å². The van der Waals surface area contributed by atoms with Gasteiger partial charge in [-0.15, -0.1) is 0 Å². The Hall–Kier alpha value is -2.75. The Morgan fingerprint density at radius 3 is 2.27 bits per heavy atom. The van der Waals surface area contributed by atoms with Gasteiger partial charge < -0.3 is 15.0 Å². The molecule has 2 aromatic carbocycles. The van der Waals surface area contributed by atoms with Crippen LogP contribution in [0.25, 0.3) is 0 Å². The molecule has 2 aromatic rings. The summed E-state index contributed by atoms with van der Waals surface area (Å²) in [6.07, 6.45) is 0. The molecule has 1 aliphatic rings. The lowest BCUT2D eigenvalue weighted by atomic mass is 10.2. The summed E-state index contributed by atoms with van der Waals surface area (Å²) in [5, 5.41) is 2.67. The van der Waals surface area contributed by atoms with E-state index in [0.29, 0.717) is 32.0 Å². The number of carbonyl (C=O) groups is 2. The van der Waals surface area contributed by atoms with Gasteiger partial charge in [0.1, 0.15) is 0 Å². The summed E-state index contributed by atoms with van der Waals surface area (Å²) in [5.41, 5.74) is 1.46. The van der Waals surface area contributed by atoms with Crippen LogP contribution in [0, 0.1) is 6.92 Å². The third kappa shape index (κ3) is 5.65. The molecule has 1 aliphatic heterocycles. The summed E-state index contributed by atoms with van der Waals surface area (Å²) >= 11 is 0. The number of morpholine rings is 1. The second kappa shape index (κ2) is 9.84. The Balaban J connectivity index is 1.80. The van der Waals surface area contributed by atoms with E-state index in [0.717, 1.165) is 9.87 Å². The van der Waals surface area contributed by atoms with E-state index in [2.05, 4.69) is 5.32 Å². The van der Waals surface area contributed by atoms with Crippen LogP contribution in [0.2, 0.25) is 0 Å². The van der Waals surface area contributed by atoms with Crippen molar-refractivity contribution in [2.45, 2.75) is 11.8 Å². The van der Waals surface area contributed by atoms with Crippen molar-refractivity contribution in [2.75, 3.05) is 44.7 Å². The molecule has 1 fully saturated rings. The lowest BCUT2D eigenvalue weighted by molar-refractivity contribution is -0.135. The number of nitrogens with one attached hydrogen (secondary N) is 1. The maximum absolute atomic E-state index is 13.2. The average Bonchev–Trinajstić information content (AvgIpc) is 2.75. The number of hydrogen-bond acceptors (Lipinski definition) is 5. The minimum atomic E-state index is -4.05. The van der Waals surface area contributed by atoms with Gasteiger partial charge in [-0.2, -0.15) is 4.31 Å². The maximum atomic E-state index is 13.2. The number of aryl methyl sites for hydroxylation is 1. The molecule has 0 radical (unpaired) electrons. The van der Waals surface area contributed by atoms with E-state index in [-0.39, 0.29) is 10.8 Å². The molecule has 0 aromatic heterocycles. The van der Waals surface area contributed by atoms with E-state index in [1.54, 1.807) is 41.3 Å². The molecule has 8 nitrogen and oxygen atoms in total. The first-order valence-corrected chi connectivity index (χ1v) is 11.1. The van der Waals surface area contributed by atoms with E-state index < -0.39 is 29.0 Å². The second-order valence-corrected chi connectivity index (χ2v) is 8.93. The normalized spacial score (nSPS) is 14.5. The third-order valence-electron chi connectivity index (χ3n) is 4.71. The number of anilines is 1. The number of rotatable bonds is 7. The highest BCUT2D eigenvalue weighted by atomic mass is 32.2. The second-order valence-electron chi connectivity index (χ2n) is 6.99. The molecule has 0 atom stereocenters. The Bertz CT molecular complexity index is 971. The molecule has 3 rings (SSSR count). The van der Waals surface area contributed by atoms with Gasteiger partial charge in [-0.05, 0) is 31.2 Å². The topological polar surface area (TPSA) is 96.0 Å². The molecule has 30 heavy (non-hydrogen) atoms. The molecule has 1 N–H and O–H groups in total. The van der Waals surface area contributed by atoms with Gasteiger partial charge in [-0.3, -0.25) is 9.59 Å². The number of para-hydroxylation sites is 1. The fourth-order valence-electron chi connectivity index (χ4n) is 3.03. The van der Waals surface area contributed by atoms with Gasteiger partial charge in [0.25, 0.3) is 0 Å². The van der Waals surface area contributed by atoms with Gasteiger partial charge in [-0.25, -0.2) is 8.42 Å². The Morgan fingerprint density at radius 1 is 1.00 bits per heavy atom. The van der Waals surface area contributed by atoms with Crippen molar-refractivity contribution in [1.29, 1.82) is 0 Å². The summed E-state index contributed by atoms with van der Waals surface area (Å²) in [6.45, 7) is 2.57. The number of amides is 2. The molecule has 0 unspecified atom stereocenters. The Morgan fingerprint density at radius 2 is 1.63 bits per heavy atom. The molecule has 1 saturated heterocycles. The quantitative estimate of drug-likeness (QED) is 0.717. The first kappa shape index (κ1) is 21.9. The highest BCUT2D eigenvalue weighted by Crippen LogP contribution is 2.17. The largest absolute Gasteiger partial charge is 0.378 e. The first-order chi connectivity index (χ1) is 14.4. The zero-order valence-corrected chi connectivity index (χ0v) is 17.6. The maximum Gasteiger partial charge on any atom is 0.244 e. The molecule has 0 bridgehead atoms. The first-order valence-electron chi connectivity index (χ1n) is 9.63. The molecule has 0 aliphatic carbocycles. The number of carbonyl (C=O) groups excluding carboxylic acids is 2. The molecular weight excluding hydrogens is 406 g/mol. The minimum absolute atomic E-state index is 0.0374. The molecule has 0 saturated carbocycles. The van der Waals surface area contributed by atoms with Crippen LogP contribution in [-0.2, 0) is 24.3 Å². The van der Waals surface area contributed by atoms with Crippen molar-refractivity contribution in [3.05, 3.63) is 60.2 Å². The molecular formula is C21H25N3O5S. The molecule has 1 heterocycles. The third-order valence-corrected chi connectivity index (χ3v) is 6.52. The highest BCUT2D eigenvalue weighted by Gasteiger charge is 2.30. The van der Waals surface area contributed by atoms with Gasteiger partial charge >= 0.3 is 0 Å². The number of nitrogens with zero attached hydrogens (tertiary/aromatic N) is 2. The van der Waals surface area contributed by atoms with Crippen LogP contribution in [0.4, 0.5) is 5.69 Å². The van der Waals surface area contributed by atoms with Crippen molar-refractivity contribution >= 4 is 27.5 Å². The predicted molar refractivity (Wildman–Crippen MR) is 112 cm³/mol. The Labute approximate surface area is 176 Å². The van der Waals surface area contributed by atoms with E-state index in [9.17, 15) is 18.0 Å². The lowest BCUT2D eigenvalue weighted by Crippen LogP contribution is -2.48. The van der Waals surface area contributed by atoms with Crippen molar-refractivity contribution in [3.63, 3.8) is 0 Å². The highest BCUT2D eigenvalue weighted by molar-refractivity contribution is 7.89. The molecule has 160 valence electrons. The standard InChI is InChI=1S/C21H25N3O5S/c1-17-7-9-19(10-8-17)30(27,28)24(16-21(26)23-11-13-29-14-12-23)15-20(25)22-18-5-3-2-4-6-18/h2-10H,11-16H2,1H3,(H,22,25). The fourth-order valence-corrected chi connectivity index (χ4v) is 4.38. The number of hydrogen-bond donors (Lipinski definition) is 1. The van der Waals surface area contributed by atoms with Crippen LogP contribution < -0.4 is 5.32 Å². The lowest BCUT2D eigenvalue weighted by Gasteiger charge is -2.29. The molecule has 2 amide bonds. The van der Waals surface area contributed by atoms with Gasteiger partial charge in [0.15, 0.2) is 0 Å². The van der Waals surface area contributed by atoms with Crippen LogP contribution in [0.5, 0.6) is 0 Å². The van der Waals surface area contributed by atoms with Crippen LogP contribution in [-0.4, -0.2) is 68.8 Å². The summed E-state index contributed by atoms with van der Waals surface area (Å²) in [4.78, 5) is 26.9. The minimum Gasteiger partial charge on any atom is -0.378 e. The average molecular weight is 432 g/mol. The summed E-state index contributed by atoms with van der Waals surface area (Å²) in [5.74, 6) is -0.881. The van der Waals surface area contributed by atoms with E-state index in [1.165, 1.54) is 12.1 Å². The van der Waals surface area contributed by atoms with Gasteiger partial charge in [0, 0.05) is 18.8 Å². The number of sulfonamides is 1. The van der Waals surface area contributed by atoms with Crippen molar-refractivity contribution in [1.82, 2.24) is 9.21 Å². The predicted octanol–water partition coefficient (Wildman–Crippen LogP) is 1.48. The van der Waals surface area contributed by atoms with Crippen molar-refractivity contribution in [3.8, 4) is 0 Å². The smallest absolute Gasteiger partial charge is 0.244 e. The number of benzene rings is 2. The SMILES string of the molecule is Cc1ccc(S(=O)(=O)N(CC(=O)Nc2ccccc2)CC(=O)N2CCOCC2)cc1. The summed E-state index contributed by atoms with van der Waals surface area (Å²) in [6, 6.07) is 15.1. The van der Waals surface area contributed by atoms with Gasteiger partial charge in [0.2, 0.25) is 21.8 Å². The van der Waals surface area contributed by atoms with E-state index in [1.807, 2.05) is 13.0 Å². The van der Waals surface area contributed by atoms with Crippen molar-refractivity contribution in [2.24, 2.45) is 0 Å².